The molecule has 3 rings (SSSR count). The molecule has 0 aliphatic carbocycles. The summed E-state index contributed by atoms with van der Waals surface area (Å²) in [4.78, 5) is 38.1. The van der Waals surface area contributed by atoms with E-state index >= 15 is 0 Å². The molecule has 0 bridgehead atoms. The Morgan fingerprint density at radius 1 is 1.38 bits per heavy atom. The minimum Gasteiger partial charge on any atom is -0.477 e. The van der Waals surface area contributed by atoms with Crippen molar-refractivity contribution in [1.29, 1.82) is 0 Å². The summed E-state index contributed by atoms with van der Waals surface area (Å²) in [5, 5.41) is 2.64. The molecule has 1 atom stereocenters. The number of aromatic nitrogens is 2. The Hall–Kier alpha value is -3.56. The van der Waals surface area contributed by atoms with Crippen LogP contribution in [0.1, 0.15) is 36.3 Å². The third-order valence-corrected chi connectivity index (χ3v) is 4.53. The van der Waals surface area contributed by atoms with Crippen LogP contribution in [0.3, 0.4) is 0 Å². The highest BCUT2D eigenvalue weighted by atomic mass is 19.1. The molecule has 0 spiro atoms. The third-order valence-electron chi connectivity index (χ3n) is 4.53. The molecule has 0 saturated heterocycles. The lowest BCUT2D eigenvalue weighted by Crippen LogP contribution is -2.47. The zero-order chi connectivity index (χ0) is 21.2. The lowest BCUT2D eigenvalue weighted by molar-refractivity contribution is -0.128. The van der Waals surface area contributed by atoms with Gasteiger partial charge in [0.25, 0.3) is 5.91 Å². The lowest BCUT2D eigenvalue weighted by atomic mass is 9.87. The van der Waals surface area contributed by atoms with Crippen molar-refractivity contribution in [3.8, 4) is 5.88 Å². The van der Waals surface area contributed by atoms with E-state index in [9.17, 15) is 14.0 Å². The van der Waals surface area contributed by atoms with Crippen LogP contribution in [-0.4, -0.2) is 46.3 Å². The van der Waals surface area contributed by atoms with Gasteiger partial charge in [-0.25, -0.2) is 19.4 Å². The van der Waals surface area contributed by atoms with E-state index in [0.29, 0.717) is 18.2 Å². The molecular formula is C19H21FN6O3. The summed E-state index contributed by atoms with van der Waals surface area (Å²) >= 11 is 0. The van der Waals surface area contributed by atoms with Crippen LogP contribution in [-0.2, 0) is 10.3 Å². The SMILES string of the molecule is CCOc1cnc(C(=O)Nc2ccc(F)c(C3(C)CC(=O)N(C)C(N)=N3)c2)cn1. The molecular weight excluding hydrogens is 379 g/mol. The first-order chi connectivity index (χ1) is 13.7. The van der Waals surface area contributed by atoms with Gasteiger partial charge in [-0.15, -0.1) is 0 Å². The number of benzene rings is 1. The van der Waals surface area contributed by atoms with Crippen LogP contribution in [0, 0.1) is 5.82 Å². The molecule has 1 aromatic carbocycles. The number of rotatable bonds is 5. The fourth-order valence-corrected chi connectivity index (χ4v) is 2.93. The van der Waals surface area contributed by atoms with Gasteiger partial charge in [0.1, 0.15) is 11.5 Å². The summed E-state index contributed by atoms with van der Waals surface area (Å²) in [6.45, 7) is 3.86. The Bertz CT molecular complexity index is 978. The van der Waals surface area contributed by atoms with E-state index in [2.05, 4.69) is 20.3 Å². The first-order valence-electron chi connectivity index (χ1n) is 8.91. The normalized spacial score (nSPS) is 19.0. The van der Waals surface area contributed by atoms with Crippen molar-refractivity contribution in [2.24, 2.45) is 10.7 Å². The Kier molecular flexibility index (Phi) is 5.44. The summed E-state index contributed by atoms with van der Waals surface area (Å²) in [5.74, 6) is -1.05. The summed E-state index contributed by atoms with van der Waals surface area (Å²) in [5.41, 5.74) is 5.16. The van der Waals surface area contributed by atoms with Crippen LogP contribution >= 0.6 is 0 Å². The molecule has 1 aliphatic heterocycles. The molecule has 0 saturated carbocycles. The van der Waals surface area contributed by atoms with Crippen molar-refractivity contribution >= 4 is 23.5 Å². The number of hydrogen-bond donors (Lipinski definition) is 2. The number of nitrogens with two attached hydrogens (primary N) is 1. The number of aliphatic imine (C=N–C) groups is 1. The largest absolute Gasteiger partial charge is 0.477 e. The quantitative estimate of drug-likeness (QED) is 0.787. The molecule has 1 aromatic heterocycles. The highest BCUT2D eigenvalue weighted by Crippen LogP contribution is 2.35. The highest BCUT2D eigenvalue weighted by Gasteiger charge is 2.38. The third kappa shape index (κ3) is 4.15. The second kappa shape index (κ2) is 7.82. The van der Waals surface area contributed by atoms with E-state index < -0.39 is 17.3 Å². The lowest BCUT2D eigenvalue weighted by Gasteiger charge is -2.34. The van der Waals surface area contributed by atoms with E-state index in [1.807, 2.05) is 6.92 Å². The zero-order valence-electron chi connectivity index (χ0n) is 16.3. The van der Waals surface area contributed by atoms with Gasteiger partial charge < -0.3 is 15.8 Å². The molecule has 2 aromatic rings. The molecule has 0 radical (unpaired) electrons. The average Bonchev–Trinajstić information content (AvgIpc) is 2.68. The summed E-state index contributed by atoms with van der Waals surface area (Å²) in [6, 6.07) is 4.05. The Labute approximate surface area is 166 Å². The number of amides is 2. The molecule has 10 heteroatoms. The molecule has 1 unspecified atom stereocenters. The van der Waals surface area contributed by atoms with Crippen molar-refractivity contribution < 1.29 is 18.7 Å². The zero-order valence-corrected chi connectivity index (χ0v) is 16.3. The molecule has 0 fully saturated rings. The number of ether oxygens (including phenoxy) is 1. The minimum absolute atomic E-state index is 0.00208. The van der Waals surface area contributed by atoms with Crippen molar-refractivity contribution in [2.45, 2.75) is 25.8 Å². The monoisotopic (exact) mass is 400 g/mol. The van der Waals surface area contributed by atoms with Crippen molar-refractivity contribution in [2.75, 3.05) is 19.0 Å². The van der Waals surface area contributed by atoms with Gasteiger partial charge in [-0.3, -0.25) is 14.5 Å². The molecule has 152 valence electrons. The van der Waals surface area contributed by atoms with Crippen molar-refractivity contribution in [1.82, 2.24) is 14.9 Å². The highest BCUT2D eigenvalue weighted by molar-refractivity contribution is 6.03. The van der Waals surface area contributed by atoms with Gasteiger partial charge >= 0.3 is 0 Å². The van der Waals surface area contributed by atoms with Crippen LogP contribution < -0.4 is 15.8 Å². The second-order valence-electron chi connectivity index (χ2n) is 6.70. The maximum absolute atomic E-state index is 14.5. The number of hydrogen-bond acceptors (Lipinski definition) is 7. The first kappa shape index (κ1) is 20.2. The van der Waals surface area contributed by atoms with E-state index in [1.165, 1.54) is 42.5 Å². The number of nitrogens with one attached hydrogen (secondary N) is 1. The first-order valence-corrected chi connectivity index (χ1v) is 8.91. The number of nitrogens with zero attached hydrogens (tertiary/aromatic N) is 4. The van der Waals surface area contributed by atoms with E-state index in [4.69, 9.17) is 10.5 Å². The Morgan fingerprint density at radius 3 is 2.76 bits per heavy atom. The summed E-state index contributed by atoms with van der Waals surface area (Å²) in [7, 11) is 1.51. The Morgan fingerprint density at radius 2 is 2.14 bits per heavy atom. The van der Waals surface area contributed by atoms with E-state index in [-0.39, 0.29) is 29.5 Å². The molecule has 1 aliphatic rings. The number of halogens is 1. The topological polar surface area (TPSA) is 123 Å². The smallest absolute Gasteiger partial charge is 0.275 e. The van der Waals surface area contributed by atoms with Crippen molar-refractivity contribution in [3.05, 3.63) is 47.7 Å². The van der Waals surface area contributed by atoms with Gasteiger partial charge in [0.2, 0.25) is 11.8 Å². The van der Waals surface area contributed by atoms with E-state index in [0.717, 1.165) is 0 Å². The van der Waals surface area contributed by atoms with Gasteiger partial charge in [-0.05, 0) is 32.0 Å². The molecule has 2 heterocycles. The van der Waals surface area contributed by atoms with E-state index in [1.54, 1.807) is 6.92 Å². The molecule has 29 heavy (non-hydrogen) atoms. The van der Waals surface area contributed by atoms with Crippen LogP contribution in [0.4, 0.5) is 10.1 Å². The van der Waals surface area contributed by atoms with Crippen molar-refractivity contribution in [3.63, 3.8) is 0 Å². The standard InChI is InChI=1S/C19H21FN6O3/c1-4-29-15-10-22-14(9-23-15)17(28)24-11-5-6-13(20)12(7-11)19(2)8-16(27)26(3)18(21)25-19/h5-7,9-10H,4,8H2,1-3H3,(H2,21,25)(H,24,28). The fraction of sp³-hybridized carbons (Fsp3) is 0.316. The summed E-state index contributed by atoms with van der Waals surface area (Å²) in [6.07, 6.45) is 2.58. The maximum Gasteiger partial charge on any atom is 0.275 e. The predicted octanol–water partition coefficient (Wildman–Crippen LogP) is 1.66. The predicted molar refractivity (Wildman–Crippen MR) is 104 cm³/mol. The maximum atomic E-state index is 14.5. The van der Waals surface area contributed by atoms with Gasteiger partial charge in [0, 0.05) is 18.3 Å². The number of carbonyl (C=O) groups excluding carboxylic acids is 2. The molecule has 2 amide bonds. The van der Waals surface area contributed by atoms with Crippen LogP contribution in [0.25, 0.3) is 0 Å². The van der Waals surface area contributed by atoms with Gasteiger partial charge in [0.15, 0.2) is 5.96 Å². The Balaban J connectivity index is 1.86. The van der Waals surface area contributed by atoms with Gasteiger partial charge in [-0.1, -0.05) is 0 Å². The average molecular weight is 400 g/mol. The summed E-state index contributed by atoms with van der Waals surface area (Å²) < 4.78 is 19.7. The van der Waals surface area contributed by atoms with Gasteiger partial charge in [0.05, 0.1) is 31.0 Å². The van der Waals surface area contributed by atoms with Crippen LogP contribution in [0.15, 0.2) is 35.6 Å². The van der Waals surface area contributed by atoms with Gasteiger partial charge in [-0.2, -0.15) is 0 Å². The van der Waals surface area contributed by atoms with Crippen LogP contribution in [0.2, 0.25) is 0 Å². The fourth-order valence-electron chi connectivity index (χ4n) is 2.93. The number of carbonyl (C=O) groups is 2. The number of anilines is 1. The molecule has 9 nitrogen and oxygen atoms in total. The minimum atomic E-state index is -1.18. The van der Waals surface area contributed by atoms with Crippen LogP contribution in [0.5, 0.6) is 5.88 Å². The number of guanidine groups is 1. The second-order valence-corrected chi connectivity index (χ2v) is 6.70. The molecule has 3 N–H and O–H groups in total.